The van der Waals surface area contributed by atoms with E-state index in [0.29, 0.717) is 11.3 Å². The van der Waals surface area contributed by atoms with Crippen molar-refractivity contribution in [1.82, 2.24) is 10.6 Å². The summed E-state index contributed by atoms with van der Waals surface area (Å²) in [5.41, 5.74) is 1.86. The fourth-order valence-electron chi connectivity index (χ4n) is 2.85. The molecule has 1 unspecified atom stereocenters. The SMILES string of the molecule is CCOC(=O)CCNC(=O)CC(NC(=O)Nc1ccc(C=NN)cc1)c1cccc(O)c1. The maximum atomic E-state index is 12.5. The molecule has 0 fully saturated rings. The number of carbonyl (C=O) groups is 3. The topological polar surface area (TPSA) is 155 Å². The van der Waals surface area contributed by atoms with Gasteiger partial charge in [-0.05, 0) is 42.3 Å². The molecule has 10 heteroatoms. The zero-order valence-corrected chi connectivity index (χ0v) is 17.7. The van der Waals surface area contributed by atoms with E-state index < -0.39 is 18.0 Å². The average molecular weight is 441 g/mol. The monoisotopic (exact) mass is 441 g/mol. The number of amides is 3. The van der Waals surface area contributed by atoms with Crippen LogP contribution in [-0.2, 0) is 14.3 Å². The van der Waals surface area contributed by atoms with Crippen LogP contribution in [0.4, 0.5) is 10.5 Å². The van der Waals surface area contributed by atoms with E-state index in [1.165, 1.54) is 18.3 Å². The summed E-state index contributed by atoms with van der Waals surface area (Å²) in [6, 6.07) is 11.9. The van der Waals surface area contributed by atoms with Gasteiger partial charge in [0, 0.05) is 12.2 Å². The average Bonchev–Trinajstić information content (AvgIpc) is 2.75. The van der Waals surface area contributed by atoms with Crippen molar-refractivity contribution in [3.8, 4) is 5.75 Å². The number of carbonyl (C=O) groups excluding carboxylic acids is 3. The van der Waals surface area contributed by atoms with Gasteiger partial charge < -0.3 is 31.6 Å². The Bertz CT molecular complexity index is 946. The van der Waals surface area contributed by atoms with Crippen molar-refractivity contribution in [2.24, 2.45) is 10.9 Å². The number of esters is 1. The molecule has 1 atom stereocenters. The van der Waals surface area contributed by atoms with E-state index in [1.54, 1.807) is 43.3 Å². The van der Waals surface area contributed by atoms with Gasteiger partial charge in [-0.25, -0.2) is 4.79 Å². The van der Waals surface area contributed by atoms with E-state index in [0.717, 1.165) is 5.56 Å². The Morgan fingerprint density at radius 3 is 2.59 bits per heavy atom. The van der Waals surface area contributed by atoms with Gasteiger partial charge in [0.25, 0.3) is 0 Å². The van der Waals surface area contributed by atoms with Crippen LogP contribution in [0.15, 0.2) is 53.6 Å². The fourth-order valence-corrected chi connectivity index (χ4v) is 2.85. The third-order valence-electron chi connectivity index (χ3n) is 4.32. The number of anilines is 1. The normalized spacial score (nSPS) is 11.5. The van der Waals surface area contributed by atoms with Crippen molar-refractivity contribution in [3.63, 3.8) is 0 Å². The number of hydrogen-bond acceptors (Lipinski definition) is 7. The van der Waals surface area contributed by atoms with Crippen molar-refractivity contribution >= 4 is 29.8 Å². The summed E-state index contributed by atoms with van der Waals surface area (Å²) < 4.78 is 4.82. The third kappa shape index (κ3) is 8.34. The molecule has 2 aromatic carbocycles. The van der Waals surface area contributed by atoms with Crippen LogP contribution >= 0.6 is 0 Å². The van der Waals surface area contributed by atoms with Crippen molar-refractivity contribution in [1.29, 1.82) is 0 Å². The second-order valence-corrected chi connectivity index (χ2v) is 6.76. The maximum absolute atomic E-state index is 12.5. The number of benzene rings is 2. The number of hydrogen-bond donors (Lipinski definition) is 5. The molecule has 0 aromatic heterocycles. The Morgan fingerprint density at radius 1 is 1.19 bits per heavy atom. The van der Waals surface area contributed by atoms with E-state index >= 15 is 0 Å². The molecule has 0 bridgehead atoms. The molecule has 170 valence electrons. The first kappa shape index (κ1) is 24.2. The minimum absolute atomic E-state index is 0.00887. The summed E-state index contributed by atoms with van der Waals surface area (Å²) in [6.45, 7) is 2.10. The van der Waals surface area contributed by atoms with Crippen molar-refractivity contribution < 1.29 is 24.2 Å². The summed E-state index contributed by atoms with van der Waals surface area (Å²) in [7, 11) is 0. The molecule has 0 spiro atoms. The highest BCUT2D eigenvalue weighted by Crippen LogP contribution is 2.21. The number of rotatable bonds is 10. The largest absolute Gasteiger partial charge is 0.508 e. The van der Waals surface area contributed by atoms with E-state index in [9.17, 15) is 19.5 Å². The van der Waals surface area contributed by atoms with Crippen LogP contribution in [0.25, 0.3) is 0 Å². The van der Waals surface area contributed by atoms with Crippen LogP contribution in [0.1, 0.15) is 36.9 Å². The van der Waals surface area contributed by atoms with E-state index in [2.05, 4.69) is 21.1 Å². The molecule has 0 heterocycles. The van der Waals surface area contributed by atoms with Crippen molar-refractivity contribution in [3.05, 3.63) is 59.7 Å². The number of ether oxygens (including phenoxy) is 1. The van der Waals surface area contributed by atoms with Gasteiger partial charge in [0.05, 0.1) is 31.7 Å². The van der Waals surface area contributed by atoms with E-state index in [-0.39, 0.29) is 37.6 Å². The molecule has 2 aromatic rings. The second-order valence-electron chi connectivity index (χ2n) is 6.76. The Balaban J connectivity index is 2.01. The predicted octanol–water partition coefficient (Wildman–Crippen LogP) is 2.01. The van der Waals surface area contributed by atoms with E-state index in [1.807, 2.05) is 0 Å². The summed E-state index contributed by atoms with van der Waals surface area (Å²) in [6.07, 6.45) is 1.43. The molecule has 0 aliphatic heterocycles. The van der Waals surface area contributed by atoms with Gasteiger partial charge in [-0.2, -0.15) is 5.10 Å². The van der Waals surface area contributed by atoms with Gasteiger partial charge in [0.2, 0.25) is 5.91 Å². The minimum Gasteiger partial charge on any atom is -0.508 e. The molecule has 2 rings (SSSR count). The van der Waals surface area contributed by atoms with Gasteiger partial charge >= 0.3 is 12.0 Å². The highest BCUT2D eigenvalue weighted by molar-refractivity contribution is 5.90. The van der Waals surface area contributed by atoms with E-state index in [4.69, 9.17) is 10.6 Å². The molecule has 32 heavy (non-hydrogen) atoms. The quantitative estimate of drug-likeness (QED) is 0.164. The Kier molecular flexibility index (Phi) is 9.51. The number of hydrazone groups is 1. The van der Waals surface area contributed by atoms with Crippen LogP contribution in [-0.4, -0.2) is 42.4 Å². The number of nitrogens with two attached hydrogens (primary N) is 1. The lowest BCUT2D eigenvalue weighted by atomic mass is 10.0. The van der Waals surface area contributed by atoms with Crippen LogP contribution in [0.5, 0.6) is 5.75 Å². The highest BCUT2D eigenvalue weighted by atomic mass is 16.5. The standard InChI is InChI=1S/C22H27N5O5/c1-2-32-21(30)10-11-24-20(29)13-19(16-4-3-5-18(28)12-16)27-22(31)26-17-8-6-15(7-9-17)14-25-23/h3-9,12,14,19,28H,2,10-11,13,23H2,1H3,(H,24,29)(H2,26,27,31). The number of nitrogens with one attached hydrogen (secondary N) is 3. The minimum atomic E-state index is -0.714. The molecule has 10 nitrogen and oxygen atoms in total. The molecule has 3 amide bonds. The van der Waals surface area contributed by atoms with Gasteiger partial charge in [0.15, 0.2) is 0 Å². The zero-order valence-electron chi connectivity index (χ0n) is 17.7. The van der Waals surface area contributed by atoms with Crippen LogP contribution < -0.4 is 21.8 Å². The van der Waals surface area contributed by atoms with Crippen LogP contribution in [0, 0.1) is 0 Å². The molecule has 6 N–H and O–H groups in total. The van der Waals surface area contributed by atoms with Gasteiger partial charge in [-0.1, -0.05) is 24.3 Å². The van der Waals surface area contributed by atoms with Gasteiger partial charge in [-0.3, -0.25) is 9.59 Å². The number of phenolic OH excluding ortho intramolecular Hbond substituents is 1. The van der Waals surface area contributed by atoms with Gasteiger partial charge in [-0.15, -0.1) is 0 Å². The third-order valence-corrected chi connectivity index (χ3v) is 4.32. The molecule has 0 radical (unpaired) electrons. The van der Waals surface area contributed by atoms with Crippen LogP contribution in [0.3, 0.4) is 0 Å². The molecular formula is C22H27N5O5. The van der Waals surface area contributed by atoms with Crippen molar-refractivity contribution in [2.45, 2.75) is 25.8 Å². The lowest BCUT2D eigenvalue weighted by Crippen LogP contribution is -2.36. The van der Waals surface area contributed by atoms with Gasteiger partial charge in [0.1, 0.15) is 5.75 Å². The molecule has 0 aliphatic carbocycles. The zero-order chi connectivity index (χ0) is 23.3. The Hall–Kier alpha value is -4.08. The number of nitrogens with zero attached hydrogens (tertiary/aromatic N) is 1. The molecular weight excluding hydrogens is 414 g/mol. The maximum Gasteiger partial charge on any atom is 0.319 e. The first-order valence-corrected chi connectivity index (χ1v) is 10.0. The predicted molar refractivity (Wildman–Crippen MR) is 120 cm³/mol. The van der Waals surface area contributed by atoms with Crippen LogP contribution in [0.2, 0.25) is 0 Å². The molecule has 0 aliphatic rings. The number of urea groups is 1. The lowest BCUT2D eigenvalue weighted by molar-refractivity contribution is -0.143. The lowest BCUT2D eigenvalue weighted by Gasteiger charge is -2.20. The highest BCUT2D eigenvalue weighted by Gasteiger charge is 2.19. The summed E-state index contributed by atoms with van der Waals surface area (Å²) in [5.74, 6) is 4.35. The molecule has 0 saturated carbocycles. The fraction of sp³-hybridized carbons (Fsp3) is 0.273. The Labute approximate surface area is 185 Å². The van der Waals surface area contributed by atoms with Crippen molar-refractivity contribution in [2.75, 3.05) is 18.5 Å². The summed E-state index contributed by atoms with van der Waals surface area (Å²) >= 11 is 0. The first-order chi connectivity index (χ1) is 15.4. The Morgan fingerprint density at radius 2 is 1.94 bits per heavy atom. The molecule has 0 saturated heterocycles. The smallest absolute Gasteiger partial charge is 0.319 e. The summed E-state index contributed by atoms with van der Waals surface area (Å²) in [5, 5.41) is 21.3. The first-order valence-electron chi connectivity index (χ1n) is 10.0. The second kappa shape index (κ2) is 12.6. The number of phenols is 1. The number of aromatic hydroxyl groups is 1. The summed E-state index contributed by atoms with van der Waals surface area (Å²) in [4.78, 5) is 36.3.